The van der Waals surface area contributed by atoms with Crippen LogP contribution >= 0.6 is 0 Å². The average Bonchev–Trinajstić information content (AvgIpc) is 2.96. The Balaban J connectivity index is 1.84. The van der Waals surface area contributed by atoms with E-state index in [2.05, 4.69) is 30.7 Å². The zero-order valence-corrected chi connectivity index (χ0v) is 10.9. The van der Waals surface area contributed by atoms with E-state index in [4.69, 9.17) is 0 Å². The monoisotopic (exact) mass is 259 g/mol. The summed E-state index contributed by atoms with van der Waals surface area (Å²) in [6.07, 6.45) is 6.93. The van der Waals surface area contributed by atoms with Crippen molar-refractivity contribution in [2.45, 2.75) is 25.8 Å². The molecule has 0 spiro atoms. The molecule has 1 aliphatic rings. The van der Waals surface area contributed by atoms with Crippen LogP contribution in [0.3, 0.4) is 0 Å². The van der Waals surface area contributed by atoms with Crippen LogP contribution in [0.25, 0.3) is 5.82 Å². The number of hydrogen-bond donors (Lipinski definition) is 2. The Labute approximate surface area is 111 Å². The number of aromatic nitrogens is 5. The summed E-state index contributed by atoms with van der Waals surface area (Å²) in [5.41, 5.74) is 0.992. The predicted molar refractivity (Wildman–Crippen MR) is 71.2 cm³/mol. The first-order valence-corrected chi connectivity index (χ1v) is 6.48. The lowest BCUT2D eigenvalue weighted by Crippen LogP contribution is -2.35. The number of nitrogens with one attached hydrogen (secondary N) is 2. The molecule has 2 N–H and O–H groups in total. The van der Waals surface area contributed by atoms with Crippen molar-refractivity contribution in [3.63, 3.8) is 0 Å². The Morgan fingerprint density at radius 1 is 1.26 bits per heavy atom. The van der Waals surface area contributed by atoms with Gasteiger partial charge in [0.15, 0.2) is 5.82 Å². The van der Waals surface area contributed by atoms with Gasteiger partial charge in [-0.1, -0.05) is 0 Å². The Morgan fingerprint density at radius 3 is 2.84 bits per heavy atom. The zero-order valence-electron chi connectivity index (χ0n) is 10.9. The summed E-state index contributed by atoms with van der Waals surface area (Å²) in [4.78, 5) is 12.6. The van der Waals surface area contributed by atoms with E-state index in [0.29, 0.717) is 6.04 Å². The first-order valence-electron chi connectivity index (χ1n) is 6.48. The SMILES string of the molecule is Cc1c(NC2CCNCC2)ncnc1-n1cncn1. The van der Waals surface area contributed by atoms with Crippen LogP contribution in [-0.4, -0.2) is 43.9 Å². The minimum Gasteiger partial charge on any atom is -0.367 e. The molecule has 2 aromatic rings. The fraction of sp³-hybridized carbons (Fsp3) is 0.500. The molecule has 7 heteroatoms. The van der Waals surface area contributed by atoms with Gasteiger partial charge >= 0.3 is 0 Å². The minimum atomic E-state index is 0.471. The van der Waals surface area contributed by atoms with Crippen LogP contribution in [0.15, 0.2) is 19.0 Å². The molecule has 1 saturated heterocycles. The lowest BCUT2D eigenvalue weighted by atomic mass is 10.1. The second kappa shape index (κ2) is 5.31. The average molecular weight is 259 g/mol. The molecule has 0 saturated carbocycles. The molecule has 0 unspecified atom stereocenters. The quantitative estimate of drug-likeness (QED) is 0.837. The van der Waals surface area contributed by atoms with Crippen LogP contribution in [0.1, 0.15) is 18.4 Å². The second-order valence-corrected chi connectivity index (χ2v) is 4.68. The molecule has 0 amide bonds. The highest BCUT2D eigenvalue weighted by Gasteiger charge is 2.16. The third-order valence-corrected chi connectivity index (χ3v) is 3.37. The molecule has 0 atom stereocenters. The van der Waals surface area contributed by atoms with Crippen LogP contribution in [0, 0.1) is 6.92 Å². The van der Waals surface area contributed by atoms with E-state index in [1.54, 1.807) is 17.3 Å². The van der Waals surface area contributed by atoms with Crippen LogP contribution < -0.4 is 10.6 Å². The molecule has 7 nitrogen and oxygen atoms in total. The van der Waals surface area contributed by atoms with E-state index in [1.165, 1.54) is 6.33 Å². The van der Waals surface area contributed by atoms with E-state index in [0.717, 1.165) is 43.1 Å². The third kappa shape index (κ3) is 2.55. The number of nitrogens with zero attached hydrogens (tertiary/aromatic N) is 5. The maximum Gasteiger partial charge on any atom is 0.163 e. The fourth-order valence-electron chi connectivity index (χ4n) is 2.29. The van der Waals surface area contributed by atoms with Gasteiger partial charge in [0, 0.05) is 11.6 Å². The molecule has 19 heavy (non-hydrogen) atoms. The molecule has 0 radical (unpaired) electrons. The van der Waals surface area contributed by atoms with Gasteiger partial charge in [-0.25, -0.2) is 19.6 Å². The Bertz CT molecular complexity index is 531. The van der Waals surface area contributed by atoms with Crippen LogP contribution in [0.2, 0.25) is 0 Å². The molecule has 3 rings (SSSR count). The van der Waals surface area contributed by atoms with E-state index >= 15 is 0 Å². The van der Waals surface area contributed by atoms with Gasteiger partial charge in [0.05, 0.1) is 0 Å². The van der Waals surface area contributed by atoms with Gasteiger partial charge in [0.1, 0.15) is 24.8 Å². The topological polar surface area (TPSA) is 80.5 Å². The van der Waals surface area contributed by atoms with Crippen molar-refractivity contribution in [1.29, 1.82) is 0 Å². The molecule has 0 aliphatic carbocycles. The van der Waals surface area contributed by atoms with Gasteiger partial charge in [-0.3, -0.25) is 0 Å². The van der Waals surface area contributed by atoms with Gasteiger partial charge in [-0.05, 0) is 32.9 Å². The highest BCUT2D eigenvalue weighted by molar-refractivity contribution is 5.50. The van der Waals surface area contributed by atoms with Gasteiger partial charge in [0.25, 0.3) is 0 Å². The highest BCUT2D eigenvalue weighted by Crippen LogP contribution is 2.19. The van der Waals surface area contributed by atoms with Crippen LogP contribution in [0.5, 0.6) is 0 Å². The Morgan fingerprint density at radius 2 is 2.11 bits per heavy atom. The maximum atomic E-state index is 4.34. The summed E-state index contributed by atoms with van der Waals surface area (Å²) in [5.74, 6) is 1.65. The molecule has 100 valence electrons. The van der Waals surface area contributed by atoms with Gasteiger partial charge in [-0.2, -0.15) is 5.10 Å². The molecule has 0 bridgehead atoms. The van der Waals surface area contributed by atoms with Crippen molar-refractivity contribution in [2.75, 3.05) is 18.4 Å². The summed E-state index contributed by atoms with van der Waals surface area (Å²) < 4.78 is 1.66. The van der Waals surface area contributed by atoms with Crippen molar-refractivity contribution in [3.8, 4) is 5.82 Å². The second-order valence-electron chi connectivity index (χ2n) is 4.68. The molecule has 1 aliphatic heterocycles. The fourth-order valence-corrected chi connectivity index (χ4v) is 2.29. The summed E-state index contributed by atoms with van der Waals surface area (Å²) in [5, 5.41) is 11.0. The normalized spacial score (nSPS) is 16.5. The van der Waals surface area contributed by atoms with E-state index < -0.39 is 0 Å². The van der Waals surface area contributed by atoms with E-state index in [-0.39, 0.29) is 0 Å². The lowest BCUT2D eigenvalue weighted by molar-refractivity contribution is 0.478. The van der Waals surface area contributed by atoms with Gasteiger partial charge in [0.2, 0.25) is 0 Å². The summed E-state index contributed by atoms with van der Waals surface area (Å²) in [6.45, 7) is 4.11. The van der Waals surface area contributed by atoms with Crippen molar-refractivity contribution in [1.82, 2.24) is 30.0 Å². The number of piperidine rings is 1. The van der Waals surface area contributed by atoms with Gasteiger partial charge in [-0.15, -0.1) is 0 Å². The van der Waals surface area contributed by atoms with E-state index in [9.17, 15) is 0 Å². The van der Waals surface area contributed by atoms with Gasteiger partial charge < -0.3 is 10.6 Å². The first-order chi connectivity index (χ1) is 9.34. The zero-order chi connectivity index (χ0) is 13.1. The number of anilines is 1. The number of rotatable bonds is 3. The molecular weight excluding hydrogens is 242 g/mol. The highest BCUT2D eigenvalue weighted by atomic mass is 15.3. The molecule has 1 fully saturated rings. The van der Waals surface area contributed by atoms with Crippen LogP contribution in [0.4, 0.5) is 5.82 Å². The molecule has 3 heterocycles. The first kappa shape index (κ1) is 12.0. The van der Waals surface area contributed by atoms with Crippen molar-refractivity contribution >= 4 is 5.82 Å². The molecule has 2 aromatic heterocycles. The smallest absolute Gasteiger partial charge is 0.163 e. The predicted octanol–water partition coefficient (Wildman–Crippen LogP) is 0.530. The van der Waals surface area contributed by atoms with E-state index in [1.807, 2.05) is 6.92 Å². The van der Waals surface area contributed by atoms with Crippen LogP contribution in [-0.2, 0) is 0 Å². The third-order valence-electron chi connectivity index (χ3n) is 3.37. The number of hydrogen-bond acceptors (Lipinski definition) is 6. The Hall–Kier alpha value is -2.02. The summed E-state index contributed by atoms with van der Waals surface area (Å²) >= 11 is 0. The molecule has 0 aromatic carbocycles. The summed E-state index contributed by atoms with van der Waals surface area (Å²) in [6, 6.07) is 0.471. The van der Waals surface area contributed by atoms with Crippen molar-refractivity contribution in [2.24, 2.45) is 0 Å². The maximum absolute atomic E-state index is 4.34. The molecular formula is C12H17N7. The van der Waals surface area contributed by atoms with Crippen molar-refractivity contribution in [3.05, 3.63) is 24.5 Å². The van der Waals surface area contributed by atoms with Crippen molar-refractivity contribution < 1.29 is 0 Å². The summed E-state index contributed by atoms with van der Waals surface area (Å²) in [7, 11) is 0. The minimum absolute atomic E-state index is 0.471. The largest absolute Gasteiger partial charge is 0.367 e. The Kier molecular flexibility index (Phi) is 3.37. The standard InChI is InChI=1S/C12H17N7/c1-9-11(18-10-2-4-13-5-3-10)15-7-16-12(9)19-8-14-6-17-19/h6-8,10,13H,2-5H2,1H3,(H,15,16,18). The lowest BCUT2D eigenvalue weighted by Gasteiger charge is -2.25.